The molecule has 3 nitrogen and oxygen atoms in total. The summed E-state index contributed by atoms with van der Waals surface area (Å²) in [5.74, 6) is -0.0989. The van der Waals surface area contributed by atoms with Gasteiger partial charge in [0.15, 0.2) is 6.04 Å². The molecular weight excluding hydrogens is 319 g/mol. The molecule has 0 heterocycles. The highest BCUT2D eigenvalue weighted by atomic mass is 35.5. The summed E-state index contributed by atoms with van der Waals surface area (Å²) in [6, 6.07) is 14.7. The Morgan fingerprint density at radius 2 is 1.64 bits per heavy atom. The normalized spacial score (nSPS) is 12.2. The average Bonchev–Trinajstić information content (AvgIpc) is 2.44. The number of quaternary nitrogens is 1. The van der Waals surface area contributed by atoms with E-state index in [-0.39, 0.29) is 11.9 Å². The van der Waals surface area contributed by atoms with Crippen molar-refractivity contribution in [2.75, 3.05) is 5.32 Å². The van der Waals surface area contributed by atoms with E-state index < -0.39 is 0 Å². The number of hydrogen-bond acceptors (Lipinski definition) is 1. The first-order valence-corrected chi connectivity index (χ1v) is 7.88. The number of rotatable bonds is 5. The Labute approximate surface area is 140 Å². The smallest absolute Gasteiger partial charge is 0.287 e. The third kappa shape index (κ3) is 4.73. The Bertz CT molecular complexity index is 624. The van der Waals surface area contributed by atoms with Crippen LogP contribution in [0.25, 0.3) is 0 Å². The van der Waals surface area contributed by atoms with E-state index in [2.05, 4.69) is 19.2 Å². The fraction of sp³-hybridized carbons (Fsp3) is 0.235. The Morgan fingerprint density at radius 3 is 2.18 bits per heavy atom. The Balaban J connectivity index is 2.22. The molecule has 0 radical (unpaired) electrons. The topological polar surface area (TPSA) is 45.7 Å². The second-order valence-corrected chi connectivity index (χ2v) is 6.35. The van der Waals surface area contributed by atoms with Crippen LogP contribution in [0.4, 0.5) is 5.69 Å². The standard InChI is InChI=1S/C17H18Cl2N2O/c1-11(2)20-16(12-6-4-3-5-7-12)17(22)21-15-9-13(18)8-14(19)10-15/h3-11,16,20H,1-2H3,(H,21,22)/p+1/t16-/m0/s1. The van der Waals surface area contributed by atoms with Gasteiger partial charge in [-0.15, -0.1) is 0 Å². The van der Waals surface area contributed by atoms with Crippen molar-refractivity contribution in [2.24, 2.45) is 0 Å². The average molecular weight is 338 g/mol. The summed E-state index contributed by atoms with van der Waals surface area (Å²) in [6.45, 7) is 4.11. The van der Waals surface area contributed by atoms with Crippen LogP contribution >= 0.6 is 23.2 Å². The number of carbonyl (C=O) groups excluding carboxylic acids is 1. The highest BCUT2D eigenvalue weighted by Gasteiger charge is 2.25. The summed E-state index contributed by atoms with van der Waals surface area (Å²) >= 11 is 11.9. The summed E-state index contributed by atoms with van der Waals surface area (Å²) in [5.41, 5.74) is 1.56. The van der Waals surface area contributed by atoms with E-state index in [0.717, 1.165) is 5.56 Å². The van der Waals surface area contributed by atoms with Gasteiger partial charge in [0.2, 0.25) is 0 Å². The molecule has 2 rings (SSSR count). The maximum Gasteiger partial charge on any atom is 0.287 e. The van der Waals surface area contributed by atoms with Crippen LogP contribution in [-0.2, 0) is 4.79 Å². The zero-order valence-electron chi connectivity index (χ0n) is 12.5. The second-order valence-electron chi connectivity index (χ2n) is 5.47. The van der Waals surface area contributed by atoms with Crippen molar-refractivity contribution < 1.29 is 10.1 Å². The molecule has 116 valence electrons. The van der Waals surface area contributed by atoms with Gasteiger partial charge in [-0.2, -0.15) is 0 Å². The molecule has 5 heteroatoms. The summed E-state index contributed by atoms with van der Waals surface area (Å²) < 4.78 is 0. The van der Waals surface area contributed by atoms with E-state index >= 15 is 0 Å². The summed E-state index contributed by atoms with van der Waals surface area (Å²) in [5, 5.41) is 5.90. The van der Waals surface area contributed by atoms with E-state index in [0.29, 0.717) is 21.8 Å². The molecule has 1 amide bonds. The van der Waals surface area contributed by atoms with Gasteiger partial charge in [0.25, 0.3) is 5.91 Å². The van der Waals surface area contributed by atoms with Crippen LogP contribution in [0.15, 0.2) is 48.5 Å². The van der Waals surface area contributed by atoms with Crippen molar-refractivity contribution in [1.82, 2.24) is 0 Å². The molecule has 22 heavy (non-hydrogen) atoms. The minimum Gasteiger partial charge on any atom is -0.330 e. The van der Waals surface area contributed by atoms with Crippen LogP contribution in [0.5, 0.6) is 0 Å². The monoisotopic (exact) mass is 337 g/mol. The van der Waals surface area contributed by atoms with Crippen molar-refractivity contribution in [1.29, 1.82) is 0 Å². The van der Waals surface area contributed by atoms with Gasteiger partial charge in [-0.1, -0.05) is 53.5 Å². The summed E-state index contributed by atoms with van der Waals surface area (Å²) in [6.07, 6.45) is 0. The van der Waals surface area contributed by atoms with Gasteiger partial charge in [-0.3, -0.25) is 4.79 Å². The molecule has 0 spiro atoms. The molecule has 0 aliphatic rings. The fourth-order valence-corrected chi connectivity index (χ4v) is 2.77. The third-order valence-corrected chi connectivity index (χ3v) is 3.59. The second kappa shape index (κ2) is 7.63. The Kier molecular flexibility index (Phi) is 5.83. The zero-order valence-corrected chi connectivity index (χ0v) is 14.0. The maximum atomic E-state index is 12.6. The highest BCUT2D eigenvalue weighted by Crippen LogP contribution is 2.23. The molecule has 1 atom stereocenters. The number of benzene rings is 2. The molecule has 3 N–H and O–H groups in total. The quantitative estimate of drug-likeness (QED) is 0.859. The van der Waals surface area contributed by atoms with Crippen LogP contribution in [0.1, 0.15) is 25.5 Å². The SMILES string of the molecule is CC(C)[NH2+][C@H](C(=O)Nc1cc(Cl)cc(Cl)c1)c1ccccc1. The van der Waals surface area contributed by atoms with Crippen molar-refractivity contribution in [3.05, 3.63) is 64.1 Å². The summed E-state index contributed by atoms with van der Waals surface area (Å²) in [4.78, 5) is 12.6. The number of carbonyl (C=O) groups is 1. The minimum atomic E-state index is -0.320. The molecule has 0 fully saturated rings. The number of hydrogen-bond donors (Lipinski definition) is 2. The summed E-state index contributed by atoms with van der Waals surface area (Å²) in [7, 11) is 0. The molecule has 0 aliphatic carbocycles. The van der Waals surface area contributed by atoms with Gasteiger partial charge >= 0.3 is 0 Å². The van der Waals surface area contributed by atoms with E-state index in [4.69, 9.17) is 23.2 Å². The lowest BCUT2D eigenvalue weighted by molar-refractivity contribution is -0.709. The van der Waals surface area contributed by atoms with Gasteiger partial charge in [0.1, 0.15) is 0 Å². The minimum absolute atomic E-state index is 0.0989. The Morgan fingerprint density at radius 1 is 1.05 bits per heavy atom. The number of anilines is 1. The molecule has 0 unspecified atom stereocenters. The molecule has 0 bridgehead atoms. The number of nitrogens with one attached hydrogen (secondary N) is 1. The number of nitrogens with two attached hydrogens (primary N) is 1. The maximum absolute atomic E-state index is 12.6. The van der Waals surface area contributed by atoms with E-state index in [1.54, 1.807) is 18.2 Å². The van der Waals surface area contributed by atoms with Gasteiger partial charge in [-0.05, 0) is 32.0 Å². The molecule has 0 saturated heterocycles. The predicted molar refractivity (Wildman–Crippen MR) is 91.3 cm³/mol. The lowest BCUT2D eigenvalue weighted by Crippen LogP contribution is -2.91. The molecule has 0 saturated carbocycles. The fourth-order valence-electron chi connectivity index (χ4n) is 2.24. The van der Waals surface area contributed by atoms with Gasteiger partial charge in [0, 0.05) is 21.3 Å². The molecule has 2 aromatic rings. The zero-order chi connectivity index (χ0) is 16.1. The molecular formula is C17H19Cl2N2O+. The number of amides is 1. The van der Waals surface area contributed by atoms with E-state index in [9.17, 15) is 4.79 Å². The third-order valence-electron chi connectivity index (χ3n) is 3.15. The van der Waals surface area contributed by atoms with Crippen molar-refractivity contribution in [2.45, 2.75) is 25.9 Å². The molecule has 0 aromatic heterocycles. The molecule has 0 aliphatic heterocycles. The highest BCUT2D eigenvalue weighted by molar-refractivity contribution is 6.35. The van der Waals surface area contributed by atoms with Gasteiger partial charge < -0.3 is 10.6 Å². The predicted octanol–water partition coefficient (Wildman–Crippen LogP) is 3.65. The first-order valence-electron chi connectivity index (χ1n) is 7.12. The number of halogens is 2. The van der Waals surface area contributed by atoms with E-state index in [1.165, 1.54) is 0 Å². The molecule has 2 aromatic carbocycles. The van der Waals surface area contributed by atoms with Crippen LogP contribution in [0.3, 0.4) is 0 Å². The lowest BCUT2D eigenvalue weighted by atomic mass is 10.1. The van der Waals surface area contributed by atoms with Gasteiger partial charge in [-0.25, -0.2) is 0 Å². The first-order chi connectivity index (χ1) is 10.5. The van der Waals surface area contributed by atoms with Crippen LogP contribution in [0.2, 0.25) is 10.0 Å². The van der Waals surface area contributed by atoms with Crippen molar-refractivity contribution in [3.8, 4) is 0 Å². The lowest BCUT2D eigenvalue weighted by Gasteiger charge is -2.18. The van der Waals surface area contributed by atoms with Crippen LogP contribution < -0.4 is 10.6 Å². The Hall–Kier alpha value is -1.55. The van der Waals surface area contributed by atoms with E-state index in [1.807, 2.05) is 35.6 Å². The van der Waals surface area contributed by atoms with Crippen LogP contribution in [0, 0.1) is 0 Å². The van der Waals surface area contributed by atoms with Crippen LogP contribution in [-0.4, -0.2) is 11.9 Å². The van der Waals surface area contributed by atoms with Crippen molar-refractivity contribution >= 4 is 34.8 Å². The largest absolute Gasteiger partial charge is 0.330 e. The van der Waals surface area contributed by atoms with Crippen molar-refractivity contribution in [3.63, 3.8) is 0 Å². The van der Waals surface area contributed by atoms with Gasteiger partial charge in [0.05, 0.1) is 6.04 Å². The first kappa shape index (κ1) is 16.8.